The number of hydrogen-bond donors (Lipinski definition) is 0. The van der Waals surface area contributed by atoms with Crippen molar-refractivity contribution in [3.8, 4) is 0 Å². The maximum absolute atomic E-state index is 9.80. The minimum absolute atomic E-state index is 0.263. The smallest absolute Gasteiger partial charge is 0.352 e. The van der Waals surface area contributed by atoms with Gasteiger partial charge < -0.3 is 9.90 Å². The zero-order valence-corrected chi connectivity index (χ0v) is 4.50. The first-order chi connectivity index (χ1) is 3.72. The van der Waals surface area contributed by atoms with E-state index in [1.54, 1.807) is 6.92 Å². The summed E-state index contributed by atoms with van der Waals surface area (Å²) >= 11 is 0. The molecule has 0 fully saturated rings. The Labute approximate surface area is 46.8 Å². The lowest BCUT2D eigenvalue weighted by Gasteiger charge is -1.92. The number of carbonyl (C=O) groups excluding carboxylic acids is 1. The SMILES string of the molecule is CC[C@@H]([N+]#N)C(=O)[O-]. The summed E-state index contributed by atoms with van der Waals surface area (Å²) in [4.78, 5) is 12.3. The maximum atomic E-state index is 9.80. The number of hydrogen-bond acceptors (Lipinski definition) is 3. The Morgan fingerprint density at radius 3 is 2.50 bits per heavy atom. The van der Waals surface area contributed by atoms with Crippen LogP contribution >= 0.6 is 0 Å². The van der Waals surface area contributed by atoms with Crippen molar-refractivity contribution in [3.63, 3.8) is 0 Å². The van der Waals surface area contributed by atoms with Crippen molar-refractivity contribution in [1.29, 1.82) is 5.39 Å². The molecule has 0 saturated carbocycles. The second-order valence-corrected chi connectivity index (χ2v) is 1.36. The lowest BCUT2D eigenvalue weighted by molar-refractivity contribution is -0.306. The second kappa shape index (κ2) is 2.97. The summed E-state index contributed by atoms with van der Waals surface area (Å²) in [5, 5.41) is 17.7. The molecule has 0 radical (unpaired) electrons. The first kappa shape index (κ1) is 6.89. The molecule has 4 nitrogen and oxygen atoms in total. The number of rotatable bonds is 2. The number of nitrogens with zero attached hydrogens (tertiary/aromatic N) is 2. The van der Waals surface area contributed by atoms with Gasteiger partial charge in [-0.05, 0) is 0 Å². The van der Waals surface area contributed by atoms with Gasteiger partial charge in [0.1, 0.15) is 10.9 Å². The van der Waals surface area contributed by atoms with Crippen molar-refractivity contribution in [1.82, 2.24) is 0 Å². The van der Waals surface area contributed by atoms with Gasteiger partial charge in [-0.25, -0.2) is 0 Å². The summed E-state index contributed by atoms with van der Waals surface area (Å²) in [7, 11) is 0. The van der Waals surface area contributed by atoms with Gasteiger partial charge in [0.05, 0.1) is 0 Å². The largest absolute Gasteiger partial charge is 0.542 e. The fraction of sp³-hybridized carbons (Fsp3) is 0.750. The minimum Gasteiger partial charge on any atom is -0.542 e. The number of carbonyl (C=O) groups is 1. The van der Waals surface area contributed by atoms with Gasteiger partial charge in [0.25, 0.3) is 0 Å². The first-order valence-corrected chi connectivity index (χ1v) is 2.27. The van der Waals surface area contributed by atoms with Crippen LogP contribution in [-0.4, -0.2) is 12.0 Å². The van der Waals surface area contributed by atoms with Crippen LogP contribution in [0.1, 0.15) is 13.3 Å². The third-order valence-electron chi connectivity index (χ3n) is 0.798. The molecule has 0 aromatic rings. The Kier molecular flexibility index (Phi) is 2.56. The van der Waals surface area contributed by atoms with E-state index in [9.17, 15) is 9.90 Å². The van der Waals surface area contributed by atoms with E-state index < -0.39 is 12.0 Å². The van der Waals surface area contributed by atoms with E-state index in [4.69, 9.17) is 5.39 Å². The highest BCUT2D eigenvalue weighted by atomic mass is 16.4. The lowest BCUT2D eigenvalue weighted by atomic mass is 10.2. The average Bonchev–Trinajstić information content (AvgIpc) is 1.69. The standard InChI is InChI=1S/C4H6N2O2/c1-2-3(6-5)4(7)8/h3H,2H2,1H3/t3-/m1/s1. The molecule has 0 aromatic heterocycles. The second-order valence-electron chi connectivity index (χ2n) is 1.36. The predicted octanol–water partition coefficient (Wildman–Crippen LogP) is -0.632. The molecular formula is C4H6N2O2. The molecule has 0 rings (SSSR count). The highest BCUT2D eigenvalue weighted by Crippen LogP contribution is 1.92. The molecule has 0 spiro atoms. The molecule has 0 heterocycles. The molecule has 0 aromatic carbocycles. The molecule has 1 atom stereocenters. The van der Waals surface area contributed by atoms with Gasteiger partial charge in [-0.2, -0.15) is 0 Å². The third kappa shape index (κ3) is 1.56. The summed E-state index contributed by atoms with van der Waals surface area (Å²) in [5.41, 5.74) is 0. The van der Waals surface area contributed by atoms with Gasteiger partial charge in [0.2, 0.25) is 5.39 Å². The highest BCUT2D eigenvalue weighted by molar-refractivity contribution is 5.72. The summed E-state index contributed by atoms with van der Waals surface area (Å²) < 4.78 is 0. The Bertz CT molecular complexity index is 126. The molecule has 0 saturated heterocycles. The van der Waals surface area contributed by atoms with Gasteiger partial charge in [0, 0.05) is 6.42 Å². The van der Waals surface area contributed by atoms with E-state index in [1.165, 1.54) is 0 Å². The van der Waals surface area contributed by atoms with Gasteiger partial charge in [-0.3, -0.25) is 0 Å². The van der Waals surface area contributed by atoms with Crippen LogP contribution in [0.5, 0.6) is 0 Å². The minimum atomic E-state index is -1.34. The van der Waals surface area contributed by atoms with Crippen LogP contribution in [0.2, 0.25) is 0 Å². The van der Waals surface area contributed by atoms with Crippen LogP contribution in [0.25, 0.3) is 4.98 Å². The van der Waals surface area contributed by atoms with E-state index in [1.807, 2.05) is 0 Å². The fourth-order valence-electron chi connectivity index (χ4n) is 0.295. The van der Waals surface area contributed by atoms with Gasteiger partial charge in [0.15, 0.2) is 0 Å². The van der Waals surface area contributed by atoms with Crippen LogP contribution in [-0.2, 0) is 4.79 Å². The van der Waals surface area contributed by atoms with Crippen LogP contribution in [0.3, 0.4) is 0 Å². The molecule has 0 aliphatic carbocycles. The van der Waals surface area contributed by atoms with E-state index in [2.05, 4.69) is 4.98 Å². The Morgan fingerprint density at radius 1 is 2.00 bits per heavy atom. The van der Waals surface area contributed by atoms with Crippen molar-refractivity contribution < 1.29 is 9.90 Å². The molecule has 0 bridgehead atoms. The molecule has 0 N–H and O–H groups in total. The Hall–Kier alpha value is -1.11. The molecule has 8 heavy (non-hydrogen) atoms. The van der Waals surface area contributed by atoms with Gasteiger partial charge in [-0.15, -0.1) is 0 Å². The van der Waals surface area contributed by atoms with E-state index >= 15 is 0 Å². The number of aliphatic carboxylic acids is 1. The van der Waals surface area contributed by atoms with E-state index in [0.717, 1.165) is 0 Å². The highest BCUT2D eigenvalue weighted by Gasteiger charge is 2.17. The number of carboxylic acid groups (broad SMARTS) is 1. The maximum Gasteiger partial charge on any atom is 0.352 e. The lowest BCUT2D eigenvalue weighted by Crippen LogP contribution is -2.32. The summed E-state index contributed by atoms with van der Waals surface area (Å²) in [6.07, 6.45) is 0.263. The number of diazo groups is 1. The summed E-state index contributed by atoms with van der Waals surface area (Å²) in [5.74, 6) is -1.34. The zero-order chi connectivity index (χ0) is 6.57. The Morgan fingerprint density at radius 2 is 2.50 bits per heavy atom. The van der Waals surface area contributed by atoms with E-state index in [0.29, 0.717) is 0 Å². The molecule has 4 heteroatoms. The van der Waals surface area contributed by atoms with Crippen molar-refractivity contribution in [2.75, 3.05) is 0 Å². The molecule has 0 unspecified atom stereocenters. The number of carboxylic acids is 1. The van der Waals surface area contributed by atoms with Crippen molar-refractivity contribution >= 4 is 5.97 Å². The van der Waals surface area contributed by atoms with Crippen LogP contribution < -0.4 is 5.11 Å². The average molecular weight is 114 g/mol. The van der Waals surface area contributed by atoms with Gasteiger partial charge >= 0.3 is 6.04 Å². The van der Waals surface area contributed by atoms with Crippen LogP contribution in [0, 0.1) is 5.39 Å². The topological polar surface area (TPSA) is 68.3 Å². The predicted molar refractivity (Wildman–Crippen MR) is 24.2 cm³/mol. The van der Waals surface area contributed by atoms with Crippen molar-refractivity contribution in [2.24, 2.45) is 0 Å². The normalized spacial score (nSPS) is 12.0. The Balaban J connectivity index is 3.76. The first-order valence-electron chi connectivity index (χ1n) is 2.27. The fourth-order valence-corrected chi connectivity index (χ4v) is 0.295. The van der Waals surface area contributed by atoms with Crippen molar-refractivity contribution in [2.45, 2.75) is 19.4 Å². The zero-order valence-electron chi connectivity index (χ0n) is 4.50. The summed E-state index contributed by atoms with van der Waals surface area (Å²) in [6.45, 7) is 1.60. The van der Waals surface area contributed by atoms with Crippen LogP contribution in [0.15, 0.2) is 0 Å². The molecule has 0 aliphatic heterocycles. The monoisotopic (exact) mass is 114 g/mol. The van der Waals surface area contributed by atoms with Crippen LogP contribution in [0.4, 0.5) is 0 Å². The van der Waals surface area contributed by atoms with Gasteiger partial charge in [-0.1, -0.05) is 6.92 Å². The van der Waals surface area contributed by atoms with Crippen molar-refractivity contribution in [3.05, 3.63) is 4.98 Å². The quantitative estimate of drug-likeness (QED) is 0.449. The summed E-state index contributed by atoms with van der Waals surface area (Å²) in [6, 6.07) is -1.06. The molecule has 0 amide bonds. The molecule has 44 valence electrons. The molecule has 0 aliphatic rings. The third-order valence-corrected chi connectivity index (χ3v) is 0.798. The van der Waals surface area contributed by atoms with E-state index in [-0.39, 0.29) is 6.42 Å². The molecular weight excluding hydrogens is 108 g/mol.